The van der Waals surface area contributed by atoms with Gasteiger partial charge in [-0.15, -0.1) is 0 Å². The third kappa shape index (κ3) is 5.90. The van der Waals surface area contributed by atoms with E-state index in [0.717, 1.165) is 11.1 Å². The molecule has 1 amide bonds. The van der Waals surface area contributed by atoms with Crippen LogP contribution in [-0.2, 0) is 15.9 Å². The zero-order chi connectivity index (χ0) is 21.1. The van der Waals surface area contributed by atoms with Gasteiger partial charge in [0.05, 0.1) is 12.6 Å². The van der Waals surface area contributed by atoms with Crippen molar-refractivity contribution in [2.45, 2.75) is 59.2 Å². The summed E-state index contributed by atoms with van der Waals surface area (Å²) >= 11 is 0. The first kappa shape index (κ1) is 21.6. The number of alkyl carbamates (subject to hydrolysis) is 1. The largest absolute Gasteiger partial charge is 0.497 e. The number of carbonyl (C=O) groups excluding carboxylic acids is 2. The van der Waals surface area contributed by atoms with Crippen molar-refractivity contribution in [1.82, 2.24) is 9.88 Å². The van der Waals surface area contributed by atoms with Crippen LogP contribution in [0.25, 0.3) is 10.9 Å². The van der Waals surface area contributed by atoms with Crippen LogP contribution in [0, 0.1) is 0 Å². The van der Waals surface area contributed by atoms with Gasteiger partial charge >= 0.3 is 12.2 Å². The number of hydrogen-bond acceptors (Lipinski definition) is 5. The molecule has 0 aliphatic carbocycles. The number of amides is 1. The van der Waals surface area contributed by atoms with Crippen LogP contribution in [-0.4, -0.2) is 41.6 Å². The van der Waals surface area contributed by atoms with Crippen LogP contribution in [0.5, 0.6) is 5.75 Å². The molecule has 2 aromatic rings. The number of rotatable bonds is 4. The highest BCUT2D eigenvalue weighted by atomic mass is 16.6. The van der Waals surface area contributed by atoms with E-state index in [-0.39, 0.29) is 0 Å². The molecular formula is C21H30N2O5. The van der Waals surface area contributed by atoms with Gasteiger partial charge in [0.25, 0.3) is 0 Å². The fraction of sp³-hybridized carbons (Fsp3) is 0.524. The molecule has 0 saturated heterocycles. The molecule has 1 aromatic heterocycles. The molecule has 0 aliphatic heterocycles. The summed E-state index contributed by atoms with van der Waals surface area (Å²) in [5.74, 6) is 0.647. The van der Waals surface area contributed by atoms with E-state index in [2.05, 4.69) is 5.32 Å². The summed E-state index contributed by atoms with van der Waals surface area (Å²) in [6.45, 7) is 11.2. The molecule has 2 rings (SSSR count). The first-order chi connectivity index (χ1) is 12.9. The molecule has 0 bridgehead atoms. The zero-order valence-electron chi connectivity index (χ0n) is 17.7. The quantitative estimate of drug-likeness (QED) is 0.831. The van der Waals surface area contributed by atoms with Gasteiger partial charge in [0.15, 0.2) is 0 Å². The maximum Gasteiger partial charge on any atom is 0.419 e. The van der Waals surface area contributed by atoms with Crippen molar-refractivity contribution in [2.75, 3.05) is 13.7 Å². The van der Waals surface area contributed by atoms with Crippen molar-refractivity contribution in [3.05, 3.63) is 30.0 Å². The summed E-state index contributed by atoms with van der Waals surface area (Å²) in [5, 5.41) is 3.61. The molecule has 0 fully saturated rings. The van der Waals surface area contributed by atoms with Gasteiger partial charge in [-0.3, -0.25) is 0 Å². The highest BCUT2D eigenvalue weighted by Gasteiger charge is 2.23. The predicted octanol–water partition coefficient (Wildman–Crippen LogP) is 4.50. The van der Waals surface area contributed by atoms with Crippen molar-refractivity contribution in [1.29, 1.82) is 0 Å². The minimum atomic E-state index is -0.626. The molecule has 1 heterocycles. The molecule has 0 atom stereocenters. The maximum atomic E-state index is 12.8. The molecular weight excluding hydrogens is 360 g/mol. The van der Waals surface area contributed by atoms with Crippen LogP contribution in [0.15, 0.2) is 24.3 Å². The predicted molar refractivity (Wildman–Crippen MR) is 108 cm³/mol. The van der Waals surface area contributed by atoms with Gasteiger partial charge in [-0.05, 0) is 59.7 Å². The average Bonchev–Trinajstić information content (AvgIpc) is 2.88. The van der Waals surface area contributed by atoms with Gasteiger partial charge in [-0.25, -0.2) is 14.2 Å². The van der Waals surface area contributed by atoms with Gasteiger partial charge < -0.3 is 19.5 Å². The lowest BCUT2D eigenvalue weighted by atomic mass is 10.2. The van der Waals surface area contributed by atoms with E-state index in [1.807, 2.05) is 39.0 Å². The lowest BCUT2D eigenvalue weighted by molar-refractivity contribution is 0.0528. The molecule has 7 nitrogen and oxygen atoms in total. The second kappa shape index (κ2) is 8.12. The van der Waals surface area contributed by atoms with Crippen molar-refractivity contribution in [3.63, 3.8) is 0 Å². The molecule has 28 heavy (non-hydrogen) atoms. The molecule has 154 valence electrons. The summed E-state index contributed by atoms with van der Waals surface area (Å²) in [6, 6.07) is 7.43. The fourth-order valence-electron chi connectivity index (χ4n) is 2.68. The van der Waals surface area contributed by atoms with E-state index in [1.54, 1.807) is 33.9 Å². The highest BCUT2D eigenvalue weighted by Crippen LogP contribution is 2.26. The number of benzene rings is 1. The number of aromatic nitrogens is 1. The molecule has 0 aliphatic rings. The van der Waals surface area contributed by atoms with Gasteiger partial charge in [0, 0.05) is 30.1 Å². The second-order valence-electron chi connectivity index (χ2n) is 8.55. The van der Waals surface area contributed by atoms with Crippen molar-refractivity contribution in [2.24, 2.45) is 0 Å². The first-order valence-corrected chi connectivity index (χ1v) is 9.28. The Hall–Kier alpha value is -2.70. The van der Waals surface area contributed by atoms with Crippen molar-refractivity contribution in [3.8, 4) is 5.75 Å². The van der Waals surface area contributed by atoms with Crippen molar-refractivity contribution >= 4 is 23.1 Å². The van der Waals surface area contributed by atoms with Crippen LogP contribution < -0.4 is 10.1 Å². The first-order valence-electron chi connectivity index (χ1n) is 9.28. The monoisotopic (exact) mass is 390 g/mol. The Bertz CT molecular complexity index is 856. The number of hydrogen-bond donors (Lipinski definition) is 1. The van der Waals surface area contributed by atoms with E-state index in [0.29, 0.717) is 24.2 Å². The number of methoxy groups -OCH3 is 1. The van der Waals surface area contributed by atoms with Crippen LogP contribution >= 0.6 is 0 Å². The normalized spacial score (nSPS) is 12.0. The molecule has 1 aromatic carbocycles. The Kier molecular flexibility index (Phi) is 6.27. The fourth-order valence-corrected chi connectivity index (χ4v) is 2.68. The molecule has 0 spiro atoms. The highest BCUT2D eigenvalue weighted by molar-refractivity contribution is 5.91. The van der Waals surface area contributed by atoms with Crippen molar-refractivity contribution < 1.29 is 23.8 Å². The number of nitrogens with zero attached hydrogens (tertiary/aromatic N) is 1. The van der Waals surface area contributed by atoms with Gasteiger partial charge in [-0.1, -0.05) is 0 Å². The SMILES string of the molecule is COc1ccc2cc(CCNC(=O)OC(C)(C)C)n(C(=O)OC(C)(C)C)c2c1. The summed E-state index contributed by atoms with van der Waals surface area (Å²) in [4.78, 5) is 24.7. The number of nitrogens with one attached hydrogen (secondary N) is 1. The summed E-state index contributed by atoms with van der Waals surface area (Å²) in [5.41, 5.74) is 0.236. The van der Waals surface area contributed by atoms with E-state index in [4.69, 9.17) is 14.2 Å². The summed E-state index contributed by atoms with van der Waals surface area (Å²) in [6.07, 6.45) is -0.521. The zero-order valence-corrected chi connectivity index (χ0v) is 17.7. The number of fused-ring (bicyclic) bond motifs is 1. The lowest BCUT2D eigenvalue weighted by Gasteiger charge is -2.21. The average molecular weight is 390 g/mol. The second-order valence-corrected chi connectivity index (χ2v) is 8.55. The topological polar surface area (TPSA) is 78.8 Å². The minimum Gasteiger partial charge on any atom is -0.497 e. The molecule has 7 heteroatoms. The lowest BCUT2D eigenvalue weighted by Crippen LogP contribution is -2.34. The van der Waals surface area contributed by atoms with Gasteiger partial charge in [-0.2, -0.15) is 0 Å². The number of ether oxygens (including phenoxy) is 3. The molecule has 1 N–H and O–H groups in total. The van der Waals surface area contributed by atoms with Crippen LogP contribution in [0.1, 0.15) is 47.2 Å². The van der Waals surface area contributed by atoms with Crippen LogP contribution in [0.2, 0.25) is 0 Å². The van der Waals surface area contributed by atoms with Gasteiger partial charge in [0.1, 0.15) is 17.0 Å². The van der Waals surface area contributed by atoms with E-state index in [1.165, 1.54) is 4.57 Å². The van der Waals surface area contributed by atoms with E-state index >= 15 is 0 Å². The number of carbonyl (C=O) groups is 2. The summed E-state index contributed by atoms with van der Waals surface area (Å²) in [7, 11) is 1.58. The Morgan fingerprint density at radius 1 is 1.00 bits per heavy atom. The molecule has 0 unspecified atom stereocenters. The van der Waals surface area contributed by atoms with E-state index in [9.17, 15) is 9.59 Å². The Morgan fingerprint density at radius 3 is 2.21 bits per heavy atom. The standard InChI is InChI=1S/C21H30N2O5/c1-20(2,3)27-18(24)22-11-10-15-12-14-8-9-16(26-7)13-17(14)23(15)19(25)28-21(4,5)6/h8-9,12-13H,10-11H2,1-7H3,(H,22,24). The Balaban J connectivity index is 2.27. The van der Waals surface area contributed by atoms with E-state index < -0.39 is 23.4 Å². The Labute approximate surface area is 165 Å². The maximum absolute atomic E-state index is 12.8. The minimum absolute atomic E-state index is 0.325. The Morgan fingerprint density at radius 2 is 1.64 bits per heavy atom. The molecule has 0 radical (unpaired) electrons. The molecule has 0 saturated carbocycles. The third-order valence-corrected chi connectivity index (χ3v) is 3.71. The summed E-state index contributed by atoms with van der Waals surface area (Å²) < 4.78 is 17.6. The van der Waals surface area contributed by atoms with Crippen LogP contribution in [0.4, 0.5) is 9.59 Å². The smallest absolute Gasteiger partial charge is 0.419 e. The van der Waals surface area contributed by atoms with Crippen LogP contribution in [0.3, 0.4) is 0 Å². The third-order valence-electron chi connectivity index (χ3n) is 3.71. The van der Waals surface area contributed by atoms with Gasteiger partial charge in [0.2, 0.25) is 0 Å².